The number of nitrogens with one attached hydrogen (secondary N) is 3. The predicted molar refractivity (Wildman–Crippen MR) is 111 cm³/mol. The second-order valence-electron chi connectivity index (χ2n) is 7.03. The van der Waals surface area contributed by atoms with E-state index in [2.05, 4.69) is 16.0 Å². The van der Waals surface area contributed by atoms with E-state index >= 15 is 0 Å². The summed E-state index contributed by atoms with van der Waals surface area (Å²) in [7, 11) is 0. The normalized spacial score (nSPS) is 12.3. The van der Waals surface area contributed by atoms with Crippen molar-refractivity contribution < 1.29 is 14.0 Å². The second kappa shape index (κ2) is 7.39. The van der Waals surface area contributed by atoms with Crippen LogP contribution >= 0.6 is 0 Å². The minimum Gasteiger partial charge on any atom is -0.355 e. The molecule has 0 unspecified atom stereocenters. The van der Waals surface area contributed by atoms with Gasteiger partial charge in [-0.3, -0.25) is 9.59 Å². The Morgan fingerprint density at radius 3 is 2.45 bits per heavy atom. The molecular weight excluding hydrogens is 369 g/mol. The fourth-order valence-electron chi connectivity index (χ4n) is 3.40. The highest BCUT2D eigenvalue weighted by Crippen LogP contribution is 2.34. The molecule has 6 heteroatoms. The SMILES string of the molecule is Cc1cccc(Nc2ccc(NC(=O)c3ccc(F)cc3)c3c2CNC3=O)c1C. The molecule has 3 aromatic carbocycles. The largest absolute Gasteiger partial charge is 0.355 e. The summed E-state index contributed by atoms with van der Waals surface area (Å²) in [4.78, 5) is 24.9. The van der Waals surface area contributed by atoms with Crippen molar-refractivity contribution in [2.45, 2.75) is 20.4 Å². The van der Waals surface area contributed by atoms with E-state index < -0.39 is 11.7 Å². The summed E-state index contributed by atoms with van der Waals surface area (Å²) in [6.07, 6.45) is 0. The van der Waals surface area contributed by atoms with Crippen molar-refractivity contribution in [1.82, 2.24) is 5.32 Å². The van der Waals surface area contributed by atoms with Crippen molar-refractivity contribution >= 4 is 28.9 Å². The van der Waals surface area contributed by atoms with Crippen LogP contribution in [-0.4, -0.2) is 11.8 Å². The molecule has 0 aliphatic carbocycles. The lowest BCUT2D eigenvalue weighted by atomic mass is 10.0. The smallest absolute Gasteiger partial charge is 0.255 e. The van der Waals surface area contributed by atoms with Crippen molar-refractivity contribution in [2.24, 2.45) is 0 Å². The van der Waals surface area contributed by atoms with Gasteiger partial charge in [-0.05, 0) is 67.4 Å². The Balaban J connectivity index is 1.66. The lowest BCUT2D eigenvalue weighted by Crippen LogP contribution is -2.17. The fraction of sp³-hybridized carbons (Fsp3) is 0.130. The van der Waals surface area contributed by atoms with Gasteiger partial charge >= 0.3 is 0 Å². The summed E-state index contributed by atoms with van der Waals surface area (Å²) in [5, 5.41) is 8.99. The minimum absolute atomic E-state index is 0.237. The zero-order chi connectivity index (χ0) is 20.5. The second-order valence-corrected chi connectivity index (χ2v) is 7.03. The van der Waals surface area contributed by atoms with Gasteiger partial charge < -0.3 is 16.0 Å². The zero-order valence-corrected chi connectivity index (χ0v) is 16.1. The number of amides is 2. The number of carbonyl (C=O) groups is 2. The average molecular weight is 389 g/mol. The lowest BCUT2D eigenvalue weighted by Gasteiger charge is -2.16. The zero-order valence-electron chi connectivity index (χ0n) is 16.1. The first-order chi connectivity index (χ1) is 13.9. The van der Waals surface area contributed by atoms with E-state index in [1.54, 1.807) is 6.07 Å². The van der Waals surface area contributed by atoms with Crippen molar-refractivity contribution in [1.29, 1.82) is 0 Å². The summed E-state index contributed by atoms with van der Waals surface area (Å²) in [5.74, 6) is -1.05. The maximum absolute atomic E-state index is 13.1. The number of carbonyl (C=O) groups excluding carboxylic acids is 2. The van der Waals surface area contributed by atoms with Gasteiger partial charge in [0.2, 0.25) is 0 Å². The third-order valence-corrected chi connectivity index (χ3v) is 5.19. The van der Waals surface area contributed by atoms with Gasteiger partial charge in [-0.15, -0.1) is 0 Å². The monoisotopic (exact) mass is 389 g/mol. The van der Waals surface area contributed by atoms with E-state index in [4.69, 9.17) is 0 Å². The van der Waals surface area contributed by atoms with Crippen molar-refractivity contribution in [3.8, 4) is 0 Å². The molecule has 5 nitrogen and oxygen atoms in total. The number of benzene rings is 3. The number of halogens is 1. The molecule has 0 saturated heterocycles. The highest BCUT2D eigenvalue weighted by atomic mass is 19.1. The van der Waals surface area contributed by atoms with E-state index in [1.807, 2.05) is 38.1 Å². The standard InChI is InChI=1S/C23H20FN3O2/c1-13-4-3-5-18(14(13)2)26-19-10-11-20(21-17(19)12-25-23(21)29)27-22(28)15-6-8-16(24)9-7-15/h3-11,26H,12H2,1-2H3,(H,25,29)(H,27,28). The van der Waals surface area contributed by atoms with Crippen LogP contribution in [0.2, 0.25) is 0 Å². The van der Waals surface area contributed by atoms with Crippen LogP contribution in [0.1, 0.15) is 37.4 Å². The van der Waals surface area contributed by atoms with Crippen LogP contribution in [0.15, 0.2) is 54.6 Å². The molecule has 3 N–H and O–H groups in total. The number of aryl methyl sites for hydroxylation is 1. The predicted octanol–water partition coefficient (Wildman–Crippen LogP) is 4.68. The highest BCUT2D eigenvalue weighted by Gasteiger charge is 2.26. The molecule has 146 valence electrons. The summed E-state index contributed by atoms with van der Waals surface area (Å²) in [5.41, 5.74) is 6.06. The molecule has 3 aromatic rings. The summed E-state index contributed by atoms with van der Waals surface area (Å²) in [6.45, 7) is 4.46. The molecule has 0 fully saturated rings. The molecule has 0 radical (unpaired) electrons. The summed E-state index contributed by atoms with van der Waals surface area (Å²) in [6, 6.07) is 14.8. The van der Waals surface area contributed by atoms with Gasteiger partial charge in [0.05, 0.1) is 11.3 Å². The third-order valence-electron chi connectivity index (χ3n) is 5.19. The molecule has 1 heterocycles. The van der Waals surface area contributed by atoms with Crippen molar-refractivity contribution in [3.63, 3.8) is 0 Å². The van der Waals surface area contributed by atoms with Gasteiger partial charge in [0, 0.05) is 29.0 Å². The summed E-state index contributed by atoms with van der Waals surface area (Å²) < 4.78 is 13.1. The van der Waals surface area contributed by atoms with E-state index in [0.717, 1.165) is 22.5 Å². The first-order valence-corrected chi connectivity index (χ1v) is 9.28. The molecule has 1 aliphatic rings. The van der Waals surface area contributed by atoms with E-state index in [-0.39, 0.29) is 5.91 Å². The van der Waals surface area contributed by atoms with E-state index in [9.17, 15) is 14.0 Å². The molecule has 0 spiro atoms. The minimum atomic E-state index is -0.413. The third kappa shape index (κ3) is 3.57. The van der Waals surface area contributed by atoms with E-state index in [0.29, 0.717) is 23.4 Å². The molecule has 0 bridgehead atoms. The van der Waals surface area contributed by atoms with Crippen LogP contribution < -0.4 is 16.0 Å². The Kier molecular flexibility index (Phi) is 4.76. The number of hydrogen-bond acceptors (Lipinski definition) is 3. The van der Waals surface area contributed by atoms with Gasteiger partial charge in [-0.2, -0.15) is 0 Å². The Labute approximate surface area is 168 Å². The number of fused-ring (bicyclic) bond motifs is 1. The summed E-state index contributed by atoms with van der Waals surface area (Å²) >= 11 is 0. The molecule has 0 saturated carbocycles. The van der Waals surface area contributed by atoms with Crippen LogP contribution in [0.25, 0.3) is 0 Å². The van der Waals surface area contributed by atoms with E-state index in [1.165, 1.54) is 29.8 Å². The quantitative estimate of drug-likeness (QED) is 0.607. The Hall–Kier alpha value is -3.67. The Morgan fingerprint density at radius 1 is 0.966 bits per heavy atom. The maximum Gasteiger partial charge on any atom is 0.255 e. The van der Waals surface area contributed by atoms with Gasteiger partial charge in [0.15, 0.2) is 0 Å². The van der Waals surface area contributed by atoms with Crippen molar-refractivity contribution in [3.05, 3.63) is 88.2 Å². The average Bonchev–Trinajstić information content (AvgIpc) is 3.10. The Bertz CT molecular complexity index is 1120. The van der Waals surface area contributed by atoms with Crippen molar-refractivity contribution in [2.75, 3.05) is 10.6 Å². The molecule has 1 aliphatic heterocycles. The van der Waals surface area contributed by atoms with Crippen LogP contribution in [0.3, 0.4) is 0 Å². The van der Waals surface area contributed by atoms with Crippen LogP contribution in [-0.2, 0) is 6.54 Å². The number of rotatable bonds is 4. The van der Waals surface area contributed by atoms with Gasteiger partial charge in [-0.1, -0.05) is 12.1 Å². The molecule has 4 rings (SSSR count). The van der Waals surface area contributed by atoms with Gasteiger partial charge in [0.1, 0.15) is 5.82 Å². The maximum atomic E-state index is 13.1. The Morgan fingerprint density at radius 2 is 1.69 bits per heavy atom. The van der Waals surface area contributed by atoms with Crippen LogP contribution in [0, 0.1) is 19.7 Å². The van der Waals surface area contributed by atoms with Gasteiger partial charge in [-0.25, -0.2) is 4.39 Å². The molecule has 0 aromatic heterocycles. The van der Waals surface area contributed by atoms with Gasteiger partial charge in [0.25, 0.3) is 11.8 Å². The molecule has 29 heavy (non-hydrogen) atoms. The lowest BCUT2D eigenvalue weighted by molar-refractivity contribution is 0.0966. The number of anilines is 3. The molecule has 2 amide bonds. The van der Waals surface area contributed by atoms with Crippen LogP contribution in [0.5, 0.6) is 0 Å². The number of hydrogen-bond donors (Lipinski definition) is 3. The first-order valence-electron chi connectivity index (χ1n) is 9.28. The highest BCUT2D eigenvalue weighted by molar-refractivity contribution is 6.11. The first kappa shape index (κ1) is 18.7. The molecule has 0 atom stereocenters. The molecular formula is C23H20FN3O2. The fourth-order valence-corrected chi connectivity index (χ4v) is 3.40. The topological polar surface area (TPSA) is 70.2 Å². The van der Waals surface area contributed by atoms with Crippen LogP contribution in [0.4, 0.5) is 21.5 Å².